The topological polar surface area (TPSA) is 390 Å². The average molecular weight is 1090 g/mol. The van der Waals surface area contributed by atoms with Crippen LogP contribution in [0.15, 0.2) is 0 Å². The first kappa shape index (κ1) is 68.1. The molecule has 2 saturated heterocycles. The lowest BCUT2D eigenvalue weighted by atomic mass is 10.2. The van der Waals surface area contributed by atoms with Gasteiger partial charge in [0.15, 0.2) is 11.6 Å². The summed E-state index contributed by atoms with van der Waals surface area (Å²) < 4.78 is 75.1. The standard InChI is InChI=1S/C46H88N2O26/c1-45(2)71-29-41(73-45)27-69-25-39(57)23-67-21-37(55)19-65-17-35(53)15-63-13-33(51)11-61-9-31(49)7-47-43(59)5-6-44(60)48-8-32(50)10-62-12-34(52)14-64-16-36(54)18-66-20-38(56)22-68-24-40(58)26-70-28-42-30-72-46(3,4)74-42/h31-42,49-58H,5-30H2,1-4H3,(H,47,59)(H,48,60). The second kappa shape index (κ2) is 39.4. The highest BCUT2D eigenvalue weighted by Crippen LogP contribution is 2.23. The van der Waals surface area contributed by atoms with E-state index >= 15 is 0 Å². The van der Waals surface area contributed by atoms with Crippen LogP contribution in [0.4, 0.5) is 0 Å². The zero-order chi connectivity index (χ0) is 54.8. The monoisotopic (exact) mass is 1080 g/mol. The molecule has 438 valence electrons. The minimum Gasteiger partial charge on any atom is -0.389 e. The highest BCUT2D eigenvalue weighted by Gasteiger charge is 2.34. The zero-order valence-corrected chi connectivity index (χ0v) is 43.3. The molecule has 0 aromatic rings. The minimum atomic E-state index is -1.12. The Labute approximate surface area is 432 Å². The zero-order valence-electron chi connectivity index (χ0n) is 43.3. The molecule has 12 N–H and O–H groups in total. The fourth-order valence-electron chi connectivity index (χ4n) is 6.45. The molecule has 2 amide bonds. The van der Waals surface area contributed by atoms with Crippen LogP contribution in [0.25, 0.3) is 0 Å². The summed E-state index contributed by atoms with van der Waals surface area (Å²) in [7, 11) is 0. The molecule has 0 aromatic carbocycles. The van der Waals surface area contributed by atoms with Gasteiger partial charge in [-0.25, -0.2) is 0 Å². The fraction of sp³-hybridized carbons (Fsp3) is 0.957. The van der Waals surface area contributed by atoms with E-state index < -0.39 is 84.4 Å². The molecule has 2 heterocycles. The van der Waals surface area contributed by atoms with Crippen LogP contribution in [0.2, 0.25) is 0 Å². The summed E-state index contributed by atoms with van der Waals surface area (Å²) in [5, 5.41) is 105. The molecule has 0 spiro atoms. The molecule has 28 heteroatoms. The molecule has 0 saturated carbocycles. The van der Waals surface area contributed by atoms with Crippen molar-refractivity contribution in [2.24, 2.45) is 0 Å². The van der Waals surface area contributed by atoms with Crippen molar-refractivity contribution in [1.82, 2.24) is 10.6 Å². The maximum absolute atomic E-state index is 12.2. The quantitative estimate of drug-likeness (QED) is 0.0270. The molecule has 0 aromatic heterocycles. The first-order valence-electron chi connectivity index (χ1n) is 24.8. The van der Waals surface area contributed by atoms with E-state index in [1.165, 1.54) is 0 Å². The van der Waals surface area contributed by atoms with Gasteiger partial charge in [0.2, 0.25) is 11.8 Å². The van der Waals surface area contributed by atoms with Crippen molar-refractivity contribution in [3.63, 3.8) is 0 Å². The maximum Gasteiger partial charge on any atom is 0.220 e. The van der Waals surface area contributed by atoms with Crippen molar-refractivity contribution >= 4 is 11.8 Å². The number of hydrogen-bond donors (Lipinski definition) is 12. The van der Waals surface area contributed by atoms with Crippen molar-refractivity contribution in [3.05, 3.63) is 0 Å². The van der Waals surface area contributed by atoms with Gasteiger partial charge >= 0.3 is 0 Å². The summed E-state index contributed by atoms with van der Waals surface area (Å²) in [6.07, 6.45) is -11.2. The van der Waals surface area contributed by atoms with Crippen molar-refractivity contribution in [3.8, 4) is 0 Å². The summed E-state index contributed by atoms with van der Waals surface area (Å²) >= 11 is 0. The third-order valence-electron chi connectivity index (χ3n) is 9.98. The SMILES string of the molecule is CC1(C)OCC(COCC(O)COCC(O)COCC(O)COCC(O)COCC(O)CNC(=O)CCC(=O)NCC(O)COCC(O)COCC(O)COCC(O)COCC(O)COCC2COC(C)(C)O2)O1. The van der Waals surface area contributed by atoms with Crippen LogP contribution < -0.4 is 10.6 Å². The van der Waals surface area contributed by atoms with E-state index in [1.54, 1.807) is 27.7 Å². The summed E-state index contributed by atoms with van der Waals surface area (Å²) in [6.45, 7) is 5.54. The number of carbonyl (C=O) groups is 2. The van der Waals surface area contributed by atoms with Gasteiger partial charge in [0.1, 0.15) is 61.0 Å². The van der Waals surface area contributed by atoms with Crippen LogP contribution >= 0.6 is 0 Å². The van der Waals surface area contributed by atoms with Crippen molar-refractivity contribution in [2.75, 3.05) is 158 Å². The number of hydrogen-bond acceptors (Lipinski definition) is 26. The van der Waals surface area contributed by atoms with Crippen LogP contribution in [-0.4, -0.2) is 306 Å². The molecule has 2 aliphatic heterocycles. The van der Waals surface area contributed by atoms with Crippen LogP contribution in [0.5, 0.6) is 0 Å². The number of aliphatic hydroxyl groups is 10. The predicted octanol–water partition coefficient (Wildman–Crippen LogP) is -5.92. The molecule has 2 rings (SSSR count). The average Bonchev–Trinajstić information content (AvgIpc) is 3.87. The van der Waals surface area contributed by atoms with Gasteiger partial charge < -0.3 is 128 Å². The highest BCUT2D eigenvalue weighted by molar-refractivity contribution is 5.83. The minimum absolute atomic E-state index is 0.0186. The summed E-state index contributed by atoms with van der Waals surface area (Å²) in [4.78, 5) is 24.3. The number of carbonyl (C=O) groups excluding carboxylic acids is 2. The lowest BCUT2D eigenvalue weighted by Crippen LogP contribution is -2.37. The van der Waals surface area contributed by atoms with Gasteiger partial charge in [-0.3, -0.25) is 9.59 Å². The molecule has 28 nitrogen and oxygen atoms in total. The number of aliphatic hydroxyl groups excluding tert-OH is 10. The third-order valence-corrected chi connectivity index (χ3v) is 9.98. The Hall–Kier alpha value is -2.02. The Kier molecular flexibility index (Phi) is 36.2. The van der Waals surface area contributed by atoms with Gasteiger partial charge in [-0.15, -0.1) is 0 Å². The Morgan fingerprint density at radius 1 is 0.378 bits per heavy atom. The van der Waals surface area contributed by atoms with E-state index in [9.17, 15) is 60.7 Å². The van der Waals surface area contributed by atoms with Gasteiger partial charge in [0.25, 0.3) is 0 Å². The summed E-state index contributed by atoms with van der Waals surface area (Å²) in [5.41, 5.74) is 0. The van der Waals surface area contributed by atoms with E-state index in [0.29, 0.717) is 13.2 Å². The van der Waals surface area contributed by atoms with Gasteiger partial charge in [-0.2, -0.15) is 0 Å². The van der Waals surface area contributed by atoms with E-state index in [0.717, 1.165) is 0 Å². The molecule has 0 bridgehead atoms. The van der Waals surface area contributed by atoms with E-state index in [4.69, 9.17) is 66.3 Å². The number of ether oxygens (including phenoxy) is 14. The van der Waals surface area contributed by atoms with Crippen LogP contribution in [0.3, 0.4) is 0 Å². The van der Waals surface area contributed by atoms with Crippen molar-refractivity contribution in [2.45, 2.75) is 125 Å². The second-order valence-electron chi connectivity index (χ2n) is 18.9. The molecular formula is C46H88N2O26. The van der Waals surface area contributed by atoms with E-state index in [2.05, 4.69) is 10.6 Å². The molecule has 2 aliphatic rings. The Morgan fingerprint density at radius 2 is 0.581 bits per heavy atom. The van der Waals surface area contributed by atoms with Gasteiger partial charge in [0.05, 0.1) is 158 Å². The van der Waals surface area contributed by atoms with E-state index in [-0.39, 0.29) is 170 Å². The lowest BCUT2D eigenvalue weighted by Gasteiger charge is -2.18. The molecule has 0 aliphatic carbocycles. The fourth-order valence-corrected chi connectivity index (χ4v) is 6.45. The normalized spacial score (nSPS) is 21.6. The van der Waals surface area contributed by atoms with Gasteiger partial charge in [0, 0.05) is 25.9 Å². The largest absolute Gasteiger partial charge is 0.389 e. The first-order valence-corrected chi connectivity index (χ1v) is 24.8. The Morgan fingerprint density at radius 3 is 0.784 bits per heavy atom. The molecular weight excluding hydrogens is 996 g/mol. The molecule has 12 unspecified atom stereocenters. The predicted molar refractivity (Wildman–Crippen MR) is 253 cm³/mol. The van der Waals surface area contributed by atoms with Gasteiger partial charge in [-0.1, -0.05) is 0 Å². The first-order chi connectivity index (χ1) is 35.1. The van der Waals surface area contributed by atoms with Crippen LogP contribution in [-0.2, 0) is 75.9 Å². The molecule has 0 radical (unpaired) electrons. The number of amides is 2. The molecule has 2 fully saturated rings. The lowest BCUT2D eigenvalue weighted by molar-refractivity contribution is -0.147. The second-order valence-corrected chi connectivity index (χ2v) is 18.9. The third kappa shape index (κ3) is 36.9. The van der Waals surface area contributed by atoms with Crippen LogP contribution in [0.1, 0.15) is 40.5 Å². The Bertz CT molecular complexity index is 1320. The Balaban J connectivity index is 1.35. The van der Waals surface area contributed by atoms with Crippen molar-refractivity contribution in [1.29, 1.82) is 0 Å². The maximum atomic E-state index is 12.2. The van der Waals surface area contributed by atoms with E-state index in [1.807, 2.05) is 0 Å². The highest BCUT2D eigenvalue weighted by atomic mass is 16.8. The number of nitrogens with one attached hydrogen (secondary N) is 2. The van der Waals surface area contributed by atoms with Crippen molar-refractivity contribution < 1.29 is 127 Å². The molecule has 12 atom stereocenters. The summed E-state index contributed by atoms with van der Waals surface area (Å²) in [6, 6.07) is 0. The summed E-state index contributed by atoms with van der Waals surface area (Å²) in [5.74, 6) is -2.37. The molecule has 74 heavy (non-hydrogen) atoms. The van der Waals surface area contributed by atoms with Crippen LogP contribution in [0, 0.1) is 0 Å². The van der Waals surface area contributed by atoms with Gasteiger partial charge in [-0.05, 0) is 27.7 Å². The number of rotatable bonds is 47. The smallest absolute Gasteiger partial charge is 0.220 e.